The molecule has 2 aromatic rings. The summed E-state index contributed by atoms with van der Waals surface area (Å²) in [5.41, 5.74) is 2.12. The molecule has 0 aliphatic heterocycles. The van der Waals surface area contributed by atoms with Crippen LogP contribution in [0.2, 0.25) is 5.02 Å². The summed E-state index contributed by atoms with van der Waals surface area (Å²) in [6, 6.07) is 4.01. The van der Waals surface area contributed by atoms with Crippen molar-refractivity contribution in [3.8, 4) is 0 Å². The Morgan fingerprint density at radius 3 is 3.00 bits per heavy atom. The van der Waals surface area contributed by atoms with E-state index in [2.05, 4.69) is 18.8 Å². The standard InChI is InChI=1S/C11H12ClNS/c1-7(2)5-8-6-9(12)11-10(13-8)3-4-14-11/h3-4,6-7H,5H2,1-2H3. The highest BCUT2D eigenvalue weighted by atomic mass is 35.5. The van der Waals surface area contributed by atoms with Crippen molar-refractivity contribution < 1.29 is 0 Å². The van der Waals surface area contributed by atoms with Crippen LogP contribution in [0.1, 0.15) is 19.5 Å². The van der Waals surface area contributed by atoms with Crippen LogP contribution < -0.4 is 0 Å². The van der Waals surface area contributed by atoms with Crippen LogP contribution in [0.25, 0.3) is 10.2 Å². The van der Waals surface area contributed by atoms with Crippen molar-refractivity contribution >= 4 is 33.2 Å². The van der Waals surface area contributed by atoms with E-state index in [1.807, 2.05) is 17.5 Å². The SMILES string of the molecule is CC(C)Cc1cc(Cl)c2sccc2n1. The van der Waals surface area contributed by atoms with Gasteiger partial charge in [0, 0.05) is 5.69 Å². The Morgan fingerprint density at radius 2 is 2.29 bits per heavy atom. The van der Waals surface area contributed by atoms with Crippen LogP contribution in [0.15, 0.2) is 17.5 Å². The van der Waals surface area contributed by atoms with Crippen LogP contribution in [-0.2, 0) is 6.42 Å². The zero-order chi connectivity index (χ0) is 10.1. The average Bonchev–Trinajstić information content (AvgIpc) is 2.50. The first kappa shape index (κ1) is 9.94. The summed E-state index contributed by atoms with van der Waals surface area (Å²) in [4.78, 5) is 4.56. The fourth-order valence-electron chi connectivity index (χ4n) is 1.49. The van der Waals surface area contributed by atoms with Crippen molar-refractivity contribution in [1.82, 2.24) is 4.98 Å². The van der Waals surface area contributed by atoms with Gasteiger partial charge in [0.15, 0.2) is 0 Å². The second-order valence-corrected chi connectivity index (χ2v) is 5.15. The van der Waals surface area contributed by atoms with Crippen LogP contribution in [-0.4, -0.2) is 4.98 Å². The summed E-state index contributed by atoms with van der Waals surface area (Å²) in [5, 5.41) is 2.86. The lowest BCUT2D eigenvalue weighted by atomic mass is 10.1. The number of pyridine rings is 1. The van der Waals surface area contributed by atoms with Gasteiger partial charge in [0.2, 0.25) is 0 Å². The van der Waals surface area contributed by atoms with E-state index in [0.717, 1.165) is 27.4 Å². The first-order chi connectivity index (χ1) is 6.66. The molecule has 0 bridgehead atoms. The van der Waals surface area contributed by atoms with Crippen LogP contribution in [0, 0.1) is 5.92 Å². The maximum atomic E-state index is 6.16. The van der Waals surface area contributed by atoms with Crippen molar-refractivity contribution in [2.75, 3.05) is 0 Å². The Balaban J connectivity index is 2.47. The monoisotopic (exact) mass is 225 g/mol. The molecule has 0 fully saturated rings. The van der Waals surface area contributed by atoms with Gasteiger partial charge in [-0.25, -0.2) is 0 Å². The van der Waals surface area contributed by atoms with E-state index in [9.17, 15) is 0 Å². The predicted molar refractivity (Wildman–Crippen MR) is 63.2 cm³/mol. The van der Waals surface area contributed by atoms with E-state index in [1.54, 1.807) is 11.3 Å². The van der Waals surface area contributed by atoms with E-state index in [4.69, 9.17) is 11.6 Å². The Labute approximate surface area is 92.7 Å². The Bertz CT molecular complexity index is 447. The summed E-state index contributed by atoms with van der Waals surface area (Å²) in [7, 11) is 0. The minimum absolute atomic E-state index is 0.620. The van der Waals surface area contributed by atoms with Crippen molar-refractivity contribution in [1.29, 1.82) is 0 Å². The maximum Gasteiger partial charge on any atom is 0.0828 e. The Kier molecular flexibility index (Phi) is 2.75. The van der Waals surface area contributed by atoms with Crippen molar-refractivity contribution in [3.05, 3.63) is 28.2 Å². The number of hydrogen-bond donors (Lipinski definition) is 0. The van der Waals surface area contributed by atoms with Gasteiger partial charge in [-0.15, -0.1) is 11.3 Å². The summed E-state index contributed by atoms with van der Waals surface area (Å²) in [6.45, 7) is 4.38. The second-order valence-electron chi connectivity index (χ2n) is 3.83. The summed E-state index contributed by atoms with van der Waals surface area (Å²) in [5.74, 6) is 0.620. The molecule has 14 heavy (non-hydrogen) atoms. The third kappa shape index (κ3) is 1.91. The fourth-order valence-corrected chi connectivity index (χ4v) is 2.59. The highest BCUT2D eigenvalue weighted by Crippen LogP contribution is 2.28. The largest absolute Gasteiger partial charge is 0.252 e. The predicted octanol–water partition coefficient (Wildman–Crippen LogP) is 4.15. The van der Waals surface area contributed by atoms with Crippen molar-refractivity contribution in [2.45, 2.75) is 20.3 Å². The molecule has 0 aliphatic rings. The van der Waals surface area contributed by atoms with Gasteiger partial charge in [-0.1, -0.05) is 25.4 Å². The lowest BCUT2D eigenvalue weighted by molar-refractivity contribution is 0.637. The molecule has 0 saturated heterocycles. The van der Waals surface area contributed by atoms with Gasteiger partial charge in [-0.2, -0.15) is 0 Å². The Hall–Kier alpha value is -0.600. The van der Waals surface area contributed by atoms with Gasteiger partial charge >= 0.3 is 0 Å². The molecule has 0 spiro atoms. The molecular weight excluding hydrogens is 214 g/mol. The molecule has 0 radical (unpaired) electrons. The maximum absolute atomic E-state index is 6.16. The molecule has 2 aromatic heterocycles. The van der Waals surface area contributed by atoms with E-state index < -0.39 is 0 Å². The number of aromatic nitrogens is 1. The topological polar surface area (TPSA) is 12.9 Å². The lowest BCUT2D eigenvalue weighted by Gasteiger charge is -2.04. The smallest absolute Gasteiger partial charge is 0.0828 e. The number of hydrogen-bond acceptors (Lipinski definition) is 2. The van der Waals surface area contributed by atoms with Crippen LogP contribution in [0.4, 0.5) is 0 Å². The molecule has 0 aliphatic carbocycles. The molecule has 2 heterocycles. The molecule has 0 aromatic carbocycles. The summed E-state index contributed by atoms with van der Waals surface area (Å²) in [6.07, 6.45) is 0.992. The number of rotatable bonds is 2. The number of nitrogens with zero attached hydrogens (tertiary/aromatic N) is 1. The van der Waals surface area contributed by atoms with E-state index in [0.29, 0.717) is 5.92 Å². The van der Waals surface area contributed by atoms with Gasteiger partial charge in [0.1, 0.15) is 0 Å². The molecular formula is C11H12ClNS. The fraction of sp³-hybridized carbons (Fsp3) is 0.364. The molecule has 3 heteroatoms. The van der Waals surface area contributed by atoms with Crippen LogP contribution >= 0.6 is 22.9 Å². The molecule has 0 saturated carbocycles. The highest BCUT2D eigenvalue weighted by Gasteiger charge is 2.06. The first-order valence-electron chi connectivity index (χ1n) is 4.69. The average molecular weight is 226 g/mol. The molecule has 1 nitrogen and oxygen atoms in total. The van der Waals surface area contributed by atoms with E-state index >= 15 is 0 Å². The first-order valence-corrected chi connectivity index (χ1v) is 5.95. The summed E-state index contributed by atoms with van der Waals surface area (Å²) >= 11 is 7.80. The molecule has 0 N–H and O–H groups in total. The van der Waals surface area contributed by atoms with E-state index in [1.165, 1.54) is 0 Å². The zero-order valence-electron chi connectivity index (χ0n) is 8.25. The number of thiophene rings is 1. The second kappa shape index (κ2) is 3.87. The molecule has 2 rings (SSSR count). The van der Waals surface area contributed by atoms with Gasteiger partial charge in [-0.05, 0) is 29.9 Å². The number of halogens is 1. The van der Waals surface area contributed by atoms with Crippen LogP contribution in [0.5, 0.6) is 0 Å². The Morgan fingerprint density at radius 1 is 1.50 bits per heavy atom. The zero-order valence-corrected chi connectivity index (χ0v) is 9.82. The minimum atomic E-state index is 0.620. The molecule has 74 valence electrons. The highest BCUT2D eigenvalue weighted by molar-refractivity contribution is 7.17. The van der Waals surface area contributed by atoms with Crippen molar-refractivity contribution in [3.63, 3.8) is 0 Å². The lowest BCUT2D eigenvalue weighted by Crippen LogP contribution is -1.96. The molecule has 0 atom stereocenters. The van der Waals surface area contributed by atoms with Gasteiger partial charge in [-0.3, -0.25) is 4.98 Å². The third-order valence-corrected chi connectivity index (χ3v) is 3.38. The minimum Gasteiger partial charge on any atom is -0.252 e. The normalized spacial score (nSPS) is 11.4. The van der Waals surface area contributed by atoms with Crippen molar-refractivity contribution in [2.24, 2.45) is 5.92 Å². The van der Waals surface area contributed by atoms with Crippen LogP contribution in [0.3, 0.4) is 0 Å². The quantitative estimate of drug-likeness (QED) is 0.749. The van der Waals surface area contributed by atoms with Gasteiger partial charge in [0.25, 0.3) is 0 Å². The van der Waals surface area contributed by atoms with Gasteiger partial charge < -0.3 is 0 Å². The number of fused-ring (bicyclic) bond motifs is 1. The third-order valence-electron chi connectivity index (χ3n) is 2.04. The summed E-state index contributed by atoms with van der Waals surface area (Å²) < 4.78 is 1.10. The molecule has 0 amide bonds. The van der Waals surface area contributed by atoms with E-state index in [-0.39, 0.29) is 0 Å². The van der Waals surface area contributed by atoms with Gasteiger partial charge in [0.05, 0.1) is 15.2 Å². The molecule has 0 unspecified atom stereocenters.